The summed E-state index contributed by atoms with van der Waals surface area (Å²) in [6.45, 7) is 3.91. The Morgan fingerprint density at radius 1 is 1.33 bits per heavy atom. The van der Waals surface area contributed by atoms with Crippen molar-refractivity contribution in [1.82, 2.24) is 20.2 Å². The third-order valence-corrected chi connectivity index (χ3v) is 1.97. The Bertz CT molecular complexity index is 464. The van der Waals surface area contributed by atoms with Gasteiger partial charge in [-0.05, 0) is 31.2 Å². The van der Waals surface area contributed by atoms with Gasteiger partial charge in [-0.25, -0.2) is 4.39 Å². The Labute approximate surface area is 86.7 Å². The fraction of sp³-hybridized carbons (Fsp3) is 0.300. The van der Waals surface area contributed by atoms with Gasteiger partial charge < -0.3 is 0 Å². The van der Waals surface area contributed by atoms with Gasteiger partial charge >= 0.3 is 0 Å². The van der Waals surface area contributed by atoms with Gasteiger partial charge in [0.05, 0.1) is 6.04 Å². The summed E-state index contributed by atoms with van der Waals surface area (Å²) >= 11 is 0. The van der Waals surface area contributed by atoms with Crippen LogP contribution < -0.4 is 0 Å². The van der Waals surface area contributed by atoms with E-state index in [9.17, 15) is 4.39 Å². The van der Waals surface area contributed by atoms with Gasteiger partial charge in [0.2, 0.25) is 5.82 Å². The van der Waals surface area contributed by atoms with Gasteiger partial charge in [0.15, 0.2) is 0 Å². The zero-order valence-electron chi connectivity index (χ0n) is 8.55. The summed E-state index contributed by atoms with van der Waals surface area (Å²) in [6.07, 6.45) is 0. The Balaban J connectivity index is 2.37. The van der Waals surface area contributed by atoms with Crippen molar-refractivity contribution in [1.29, 1.82) is 0 Å². The van der Waals surface area contributed by atoms with Crippen LogP contribution in [0.1, 0.15) is 19.9 Å². The molecule has 0 saturated carbocycles. The van der Waals surface area contributed by atoms with E-state index in [-0.39, 0.29) is 11.9 Å². The van der Waals surface area contributed by atoms with Crippen LogP contribution in [0.5, 0.6) is 0 Å². The molecule has 1 aromatic carbocycles. The van der Waals surface area contributed by atoms with Crippen molar-refractivity contribution >= 4 is 0 Å². The molecule has 1 heterocycles. The maximum absolute atomic E-state index is 12.9. The van der Waals surface area contributed by atoms with Gasteiger partial charge in [-0.3, -0.25) is 0 Å². The normalized spacial score (nSPS) is 10.9. The minimum atomic E-state index is -0.298. The number of hydrogen-bond acceptors (Lipinski definition) is 3. The molecule has 2 rings (SSSR count). The minimum Gasteiger partial charge on any atom is -0.207 e. The van der Waals surface area contributed by atoms with Gasteiger partial charge in [-0.1, -0.05) is 12.1 Å². The number of tetrazole rings is 1. The molecule has 0 atom stereocenters. The third kappa shape index (κ3) is 2.01. The summed E-state index contributed by atoms with van der Waals surface area (Å²) in [5.74, 6) is 0.150. The van der Waals surface area contributed by atoms with Crippen molar-refractivity contribution in [2.45, 2.75) is 19.9 Å². The van der Waals surface area contributed by atoms with Crippen molar-refractivity contribution in [2.75, 3.05) is 0 Å². The lowest BCUT2D eigenvalue weighted by atomic mass is 10.2. The first kappa shape index (κ1) is 9.76. The van der Waals surface area contributed by atoms with Crippen molar-refractivity contribution in [2.24, 2.45) is 0 Å². The van der Waals surface area contributed by atoms with Crippen LogP contribution in [-0.4, -0.2) is 20.2 Å². The standard InChI is InChI=1S/C10H11FN4/c1-7(2)15-13-10(12-14-15)8-4-3-5-9(11)6-8/h3-7H,1-2H3. The van der Waals surface area contributed by atoms with Gasteiger partial charge in [0, 0.05) is 5.56 Å². The second-order valence-corrected chi connectivity index (χ2v) is 3.54. The summed E-state index contributed by atoms with van der Waals surface area (Å²) in [7, 11) is 0. The monoisotopic (exact) mass is 206 g/mol. The average Bonchev–Trinajstić information content (AvgIpc) is 2.66. The van der Waals surface area contributed by atoms with E-state index in [1.807, 2.05) is 13.8 Å². The van der Waals surface area contributed by atoms with E-state index in [1.165, 1.54) is 16.9 Å². The Hall–Kier alpha value is -1.78. The molecule has 0 aliphatic rings. The minimum absolute atomic E-state index is 0.153. The lowest BCUT2D eigenvalue weighted by molar-refractivity contribution is 0.455. The third-order valence-electron chi connectivity index (χ3n) is 1.97. The number of aromatic nitrogens is 4. The van der Waals surface area contributed by atoms with Gasteiger partial charge in [-0.15, -0.1) is 10.2 Å². The quantitative estimate of drug-likeness (QED) is 0.755. The lowest BCUT2D eigenvalue weighted by Crippen LogP contribution is -2.04. The smallest absolute Gasteiger partial charge is 0.205 e. The second kappa shape index (κ2) is 3.76. The SMILES string of the molecule is CC(C)n1nnc(-c2cccc(F)c2)n1. The molecule has 78 valence electrons. The van der Waals surface area contributed by atoms with E-state index in [0.29, 0.717) is 11.4 Å². The van der Waals surface area contributed by atoms with E-state index < -0.39 is 0 Å². The first-order valence-electron chi connectivity index (χ1n) is 4.72. The molecule has 0 fully saturated rings. The molecule has 0 saturated heterocycles. The molecule has 15 heavy (non-hydrogen) atoms. The van der Waals surface area contributed by atoms with Crippen LogP contribution in [0.3, 0.4) is 0 Å². The lowest BCUT2D eigenvalue weighted by Gasteiger charge is -1.99. The highest BCUT2D eigenvalue weighted by atomic mass is 19.1. The van der Waals surface area contributed by atoms with Crippen LogP contribution in [0.25, 0.3) is 11.4 Å². The fourth-order valence-electron chi connectivity index (χ4n) is 1.19. The van der Waals surface area contributed by atoms with Crippen molar-refractivity contribution in [3.8, 4) is 11.4 Å². The molecule has 5 heteroatoms. The van der Waals surface area contributed by atoms with E-state index in [0.717, 1.165) is 0 Å². The summed E-state index contributed by atoms with van der Waals surface area (Å²) < 4.78 is 12.9. The van der Waals surface area contributed by atoms with Crippen molar-refractivity contribution in [3.05, 3.63) is 30.1 Å². The fourth-order valence-corrected chi connectivity index (χ4v) is 1.19. The van der Waals surface area contributed by atoms with E-state index >= 15 is 0 Å². The Morgan fingerprint density at radius 3 is 2.73 bits per heavy atom. The van der Waals surface area contributed by atoms with Crippen LogP contribution >= 0.6 is 0 Å². The van der Waals surface area contributed by atoms with Crippen LogP contribution in [0.15, 0.2) is 24.3 Å². The van der Waals surface area contributed by atoms with Crippen LogP contribution in [0.4, 0.5) is 4.39 Å². The number of halogens is 1. The molecule has 0 aliphatic carbocycles. The highest BCUT2D eigenvalue weighted by Gasteiger charge is 2.07. The number of rotatable bonds is 2. The molecular weight excluding hydrogens is 195 g/mol. The molecule has 2 aromatic rings. The van der Waals surface area contributed by atoms with Crippen LogP contribution in [0, 0.1) is 5.82 Å². The average molecular weight is 206 g/mol. The molecule has 0 N–H and O–H groups in total. The summed E-state index contributed by atoms with van der Waals surface area (Å²) in [4.78, 5) is 1.50. The zero-order valence-corrected chi connectivity index (χ0v) is 8.55. The molecule has 0 bridgehead atoms. The maximum Gasteiger partial charge on any atom is 0.205 e. The van der Waals surface area contributed by atoms with E-state index in [2.05, 4.69) is 15.4 Å². The number of hydrogen-bond donors (Lipinski definition) is 0. The summed E-state index contributed by atoms with van der Waals surface area (Å²) in [6, 6.07) is 6.31. The highest BCUT2D eigenvalue weighted by molar-refractivity contribution is 5.53. The summed E-state index contributed by atoms with van der Waals surface area (Å²) in [5, 5.41) is 11.9. The first-order chi connectivity index (χ1) is 7.16. The van der Waals surface area contributed by atoms with Gasteiger partial charge in [-0.2, -0.15) is 4.80 Å². The Kier molecular flexibility index (Phi) is 2.45. The first-order valence-corrected chi connectivity index (χ1v) is 4.72. The van der Waals surface area contributed by atoms with E-state index in [1.54, 1.807) is 12.1 Å². The Morgan fingerprint density at radius 2 is 2.13 bits per heavy atom. The van der Waals surface area contributed by atoms with Crippen molar-refractivity contribution in [3.63, 3.8) is 0 Å². The topological polar surface area (TPSA) is 43.6 Å². The number of benzene rings is 1. The van der Waals surface area contributed by atoms with Gasteiger partial charge in [0.25, 0.3) is 0 Å². The molecule has 0 unspecified atom stereocenters. The number of nitrogens with zero attached hydrogens (tertiary/aromatic N) is 4. The molecule has 0 amide bonds. The van der Waals surface area contributed by atoms with Crippen LogP contribution in [0.2, 0.25) is 0 Å². The van der Waals surface area contributed by atoms with Crippen molar-refractivity contribution < 1.29 is 4.39 Å². The molecule has 0 aliphatic heterocycles. The molecule has 4 nitrogen and oxygen atoms in total. The second-order valence-electron chi connectivity index (χ2n) is 3.54. The molecular formula is C10H11FN4. The predicted molar refractivity (Wildman–Crippen MR) is 53.6 cm³/mol. The maximum atomic E-state index is 12.9. The molecule has 0 radical (unpaired) electrons. The predicted octanol–water partition coefficient (Wildman–Crippen LogP) is 2.06. The van der Waals surface area contributed by atoms with Crippen LogP contribution in [-0.2, 0) is 0 Å². The van der Waals surface area contributed by atoms with Gasteiger partial charge in [0.1, 0.15) is 5.82 Å². The highest BCUT2D eigenvalue weighted by Crippen LogP contribution is 2.15. The molecule has 1 aromatic heterocycles. The van der Waals surface area contributed by atoms with E-state index in [4.69, 9.17) is 0 Å². The molecule has 0 spiro atoms. The largest absolute Gasteiger partial charge is 0.207 e. The zero-order chi connectivity index (χ0) is 10.8. The summed E-state index contributed by atoms with van der Waals surface area (Å²) in [5.41, 5.74) is 0.641.